The van der Waals surface area contributed by atoms with Crippen LogP contribution in [0, 0.1) is 5.92 Å². The molecule has 0 aliphatic carbocycles. The SMILES string of the molecule is COc1ccc(NCC(c2ccccc2)C(C)C)cn1. The zero-order valence-electron chi connectivity index (χ0n) is 12.3. The maximum absolute atomic E-state index is 5.06. The Morgan fingerprint density at radius 1 is 1.10 bits per heavy atom. The van der Waals surface area contributed by atoms with Crippen molar-refractivity contribution < 1.29 is 4.74 Å². The number of benzene rings is 1. The minimum absolute atomic E-state index is 0.485. The fourth-order valence-corrected chi connectivity index (χ4v) is 2.27. The van der Waals surface area contributed by atoms with E-state index in [0.717, 1.165) is 12.2 Å². The Bertz CT molecular complexity index is 508. The molecule has 2 aromatic rings. The van der Waals surface area contributed by atoms with Crippen molar-refractivity contribution in [3.63, 3.8) is 0 Å². The van der Waals surface area contributed by atoms with Crippen LogP contribution in [0.5, 0.6) is 5.88 Å². The van der Waals surface area contributed by atoms with Crippen molar-refractivity contribution in [2.24, 2.45) is 5.92 Å². The summed E-state index contributed by atoms with van der Waals surface area (Å²) in [5, 5.41) is 3.46. The van der Waals surface area contributed by atoms with E-state index in [1.54, 1.807) is 13.3 Å². The molecule has 2 rings (SSSR count). The maximum atomic E-state index is 5.06. The average molecular weight is 270 g/mol. The molecule has 106 valence electrons. The second kappa shape index (κ2) is 6.94. The third kappa shape index (κ3) is 3.73. The highest BCUT2D eigenvalue weighted by atomic mass is 16.5. The van der Waals surface area contributed by atoms with E-state index in [0.29, 0.717) is 17.7 Å². The molecule has 0 aliphatic rings. The van der Waals surface area contributed by atoms with Crippen LogP contribution in [0.2, 0.25) is 0 Å². The first kappa shape index (κ1) is 14.4. The minimum Gasteiger partial charge on any atom is -0.481 e. The van der Waals surface area contributed by atoms with Gasteiger partial charge >= 0.3 is 0 Å². The number of hydrogen-bond acceptors (Lipinski definition) is 3. The van der Waals surface area contributed by atoms with Crippen LogP contribution in [0.4, 0.5) is 5.69 Å². The Labute approximate surface area is 121 Å². The van der Waals surface area contributed by atoms with E-state index >= 15 is 0 Å². The van der Waals surface area contributed by atoms with Crippen LogP contribution in [0.25, 0.3) is 0 Å². The first-order valence-corrected chi connectivity index (χ1v) is 6.99. The maximum Gasteiger partial charge on any atom is 0.213 e. The summed E-state index contributed by atoms with van der Waals surface area (Å²) in [4.78, 5) is 4.21. The predicted molar refractivity (Wildman–Crippen MR) is 83.3 cm³/mol. The lowest BCUT2D eigenvalue weighted by atomic mass is 9.88. The zero-order valence-corrected chi connectivity index (χ0v) is 12.3. The van der Waals surface area contributed by atoms with Gasteiger partial charge in [0.15, 0.2) is 0 Å². The number of hydrogen-bond donors (Lipinski definition) is 1. The Kier molecular flexibility index (Phi) is 4.99. The fraction of sp³-hybridized carbons (Fsp3) is 0.353. The number of pyridine rings is 1. The van der Waals surface area contributed by atoms with Gasteiger partial charge < -0.3 is 10.1 Å². The Balaban J connectivity index is 2.02. The van der Waals surface area contributed by atoms with Crippen molar-refractivity contribution in [3.05, 3.63) is 54.2 Å². The van der Waals surface area contributed by atoms with Crippen LogP contribution in [-0.2, 0) is 0 Å². The normalized spacial score (nSPS) is 12.2. The summed E-state index contributed by atoms with van der Waals surface area (Å²) in [5.74, 6) is 1.70. The molecule has 1 heterocycles. The lowest BCUT2D eigenvalue weighted by molar-refractivity contribution is 0.398. The van der Waals surface area contributed by atoms with Crippen molar-refractivity contribution in [3.8, 4) is 5.88 Å². The van der Waals surface area contributed by atoms with Crippen LogP contribution in [-0.4, -0.2) is 18.6 Å². The van der Waals surface area contributed by atoms with Crippen LogP contribution in [0.15, 0.2) is 48.7 Å². The van der Waals surface area contributed by atoms with Crippen molar-refractivity contribution in [2.45, 2.75) is 19.8 Å². The topological polar surface area (TPSA) is 34.1 Å². The summed E-state index contributed by atoms with van der Waals surface area (Å²) in [6, 6.07) is 14.5. The van der Waals surface area contributed by atoms with Gasteiger partial charge in [0.25, 0.3) is 0 Å². The number of nitrogens with one attached hydrogen (secondary N) is 1. The van der Waals surface area contributed by atoms with E-state index < -0.39 is 0 Å². The molecule has 0 spiro atoms. The number of anilines is 1. The highest BCUT2D eigenvalue weighted by molar-refractivity contribution is 5.42. The third-order valence-electron chi connectivity index (χ3n) is 3.50. The van der Waals surface area contributed by atoms with Gasteiger partial charge in [-0.05, 0) is 17.5 Å². The van der Waals surface area contributed by atoms with Crippen molar-refractivity contribution in [1.82, 2.24) is 4.98 Å². The van der Waals surface area contributed by atoms with Gasteiger partial charge in [-0.2, -0.15) is 0 Å². The van der Waals surface area contributed by atoms with Gasteiger partial charge in [-0.3, -0.25) is 0 Å². The molecular formula is C17H22N2O. The lowest BCUT2D eigenvalue weighted by Gasteiger charge is -2.22. The molecule has 0 fully saturated rings. The Morgan fingerprint density at radius 3 is 2.40 bits per heavy atom. The van der Waals surface area contributed by atoms with Gasteiger partial charge in [0.1, 0.15) is 0 Å². The quantitative estimate of drug-likeness (QED) is 0.863. The van der Waals surface area contributed by atoms with E-state index in [-0.39, 0.29) is 0 Å². The molecule has 1 unspecified atom stereocenters. The first-order valence-electron chi connectivity index (χ1n) is 6.99. The molecule has 3 nitrogen and oxygen atoms in total. The van der Waals surface area contributed by atoms with Gasteiger partial charge in [-0.25, -0.2) is 4.98 Å². The summed E-state index contributed by atoms with van der Waals surface area (Å²) < 4.78 is 5.06. The van der Waals surface area contributed by atoms with Gasteiger partial charge in [0.2, 0.25) is 5.88 Å². The van der Waals surface area contributed by atoms with E-state index in [1.165, 1.54) is 5.56 Å². The summed E-state index contributed by atoms with van der Waals surface area (Å²) in [6.45, 7) is 5.41. The molecule has 1 N–H and O–H groups in total. The van der Waals surface area contributed by atoms with E-state index in [2.05, 4.69) is 54.5 Å². The minimum atomic E-state index is 0.485. The molecule has 20 heavy (non-hydrogen) atoms. The fourth-order valence-electron chi connectivity index (χ4n) is 2.27. The first-order chi connectivity index (χ1) is 9.70. The second-order valence-electron chi connectivity index (χ2n) is 5.23. The molecule has 3 heteroatoms. The highest BCUT2D eigenvalue weighted by Gasteiger charge is 2.15. The van der Waals surface area contributed by atoms with Gasteiger partial charge in [0.05, 0.1) is 19.0 Å². The number of nitrogens with zero attached hydrogens (tertiary/aromatic N) is 1. The van der Waals surface area contributed by atoms with Crippen molar-refractivity contribution in [2.75, 3.05) is 19.0 Å². The van der Waals surface area contributed by atoms with E-state index in [1.807, 2.05) is 12.1 Å². The Hall–Kier alpha value is -2.03. The van der Waals surface area contributed by atoms with Crippen LogP contribution >= 0.6 is 0 Å². The number of methoxy groups -OCH3 is 1. The highest BCUT2D eigenvalue weighted by Crippen LogP contribution is 2.24. The van der Waals surface area contributed by atoms with Crippen molar-refractivity contribution in [1.29, 1.82) is 0 Å². The van der Waals surface area contributed by atoms with Gasteiger partial charge in [-0.1, -0.05) is 44.2 Å². The summed E-state index contributed by atoms with van der Waals surface area (Å²) >= 11 is 0. The van der Waals surface area contributed by atoms with E-state index in [9.17, 15) is 0 Å². The molecule has 0 radical (unpaired) electrons. The molecular weight excluding hydrogens is 248 g/mol. The molecule has 0 aliphatic heterocycles. The molecule has 1 aromatic carbocycles. The largest absolute Gasteiger partial charge is 0.481 e. The van der Waals surface area contributed by atoms with Crippen LogP contribution < -0.4 is 10.1 Å². The van der Waals surface area contributed by atoms with Crippen LogP contribution in [0.3, 0.4) is 0 Å². The second-order valence-corrected chi connectivity index (χ2v) is 5.23. The summed E-state index contributed by atoms with van der Waals surface area (Å²) in [5.41, 5.74) is 2.39. The lowest BCUT2D eigenvalue weighted by Crippen LogP contribution is -2.17. The van der Waals surface area contributed by atoms with E-state index in [4.69, 9.17) is 4.74 Å². The molecule has 0 saturated heterocycles. The summed E-state index contributed by atoms with van der Waals surface area (Å²) in [6.07, 6.45) is 1.81. The average Bonchev–Trinajstić information content (AvgIpc) is 2.49. The van der Waals surface area contributed by atoms with Crippen LogP contribution in [0.1, 0.15) is 25.3 Å². The molecule has 0 bridgehead atoms. The van der Waals surface area contributed by atoms with Crippen molar-refractivity contribution >= 4 is 5.69 Å². The predicted octanol–water partition coefficient (Wildman–Crippen LogP) is 3.94. The third-order valence-corrected chi connectivity index (χ3v) is 3.50. The molecule has 0 saturated carbocycles. The van der Waals surface area contributed by atoms with Gasteiger partial charge in [0, 0.05) is 18.5 Å². The summed E-state index contributed by atoms with van der Waals surface area (Å²) in [7, 11) is 1.62. The number of rotatable bonds is 6. The Morgan fingerprint density at radius 2 is 1.85 bits per heavy atom. The molecule has 1 aromatic heterocycles. The monoisotopic (exact) mass is 270 g/mol. The molecule has 0 amide bonds. The van der Waals surface area contributed by atoms with Gasteiger partial charge in [-0.15, -0.1) is 0 Å². The molecule has 1 atom stereocenters. The number of ether oxygens (including phenoxy) is 1. The smallest absolute Gasteiger partial charge is 0.213 e. The zero-order chi connectivity index (χ0) is 14.4. The number of aromatic nitrogens is 1. The standard InChI is InChI=1S/C17H22N2O/c1-13(2)16(14-7-5-4-6-8-14)12-18-15-9-10-17(20-3)19-11-15/h4-11,13,16,18H,12H2,1-3H3.